The van der Waals surface area contributed by atoms with Crippen LogP contribution in [0.5, 0.6) is 11.5 Å². The predicted octanol–water partition coefficient (Wildman–Crippen LogP) is 1.97. The summed E-state index contributed by atoms with van der Waals surface area (Å²) in [6, 6.07) is 3.34. The maximum absolute atomic E-state index is 11.0. The third kappa shape index (κ3) is 2.15. The molecular formula is C13H12N2O3. The summed E-state index contributed by atoms with van der Waals surface area (Å²) in [5, 5.41) is 0. The van der Waals surface area contributed by atoms with Gasteiger partial charge in [-0.25, -0.2) is 0 Å². The van der Waals surface area contributed by atoms with Gasteiger partial charge in [0.1, 0.15) is 11.5 Å². The molecule has 1 heterocycles. The Balaban J connectivity index is 2.63. The minimum absolute atomic E-state index is 0.443. The zero-order valence-corrected chi connectivity index (χ0v) is 10.1. The number of hydrogen-bond acceptors (Lipinski definition) is 5. The van der Waals surface area contributed by atoms with Gasteiger partial charge in [-0.3, -0.25) is 14.8 Å². The van der Waals surface area contributed by atoms with Crippen LogP contribution in [0.15, 0.2) is 30.7 Å². The van der Waals surface area contributed by atoms with Gasteiger partial charge in [-0.2, -0.15) is 0 Å². The molecule has 1 aromatic heterocycles. The predicted molar refractivity (Wildman–Crippen MR) is 66.0 cm³/mol. The minimum Gasteiger partial charge on any atom is -0.496 e. The Bertz CT molecular complexity index is 556. The van der Waals surface area contributed by atoms with Gasteiger partial charge in [0.15, 0.2) is 6.29 Å². The first kappa shape index (κ1) is 12.0. The van der Waals surface area contributed by atoms with Crippen molar-refractivity contribution in [3.05, 3.63) is 36.3 Å². The van der Waals surface area contributed by atoms with Crippen LogP contribution >= 0.6 is 0 Å². The van der Waals surface area contributed by atoms with E-state index < -0.39 is 0 Å². The van der Waals surface area contributed by atoms with Crippen LogP contribution < -0.4 is 9.47 Å². The van der Waals surface area contributed by atoms with Crippen molar-refractivity contribution in [2.45, 2.75) is 0 Å². The quantitative estimate of drug-likeness (QED) is 0.769. The molecule has 0 aliphatic carbocycles. The summed E-state index contributed by atoms with van der Waals surface area (Å²) in [7, 11) is 3.05. The molecule has 2 aromatic rings. The van der Waals surface area contributed by atoms with E-state index >= 15 is 0 Å². The van der Waals surface area contributed by atoms with Gasteiger partial charge in [-0.15, -0.1) is 0 Å². The van der Waals surface area contributed by atoms with Crippen LogP contribution in [0.4, 0.5) is 0 Å². The monoisotopic (exact) mass is 244 g/mol. The van der Waals surface area contributed by atoms with Gasteiger partial charge in [0.2, 0.25) is 0 Å². The summed E-state index contributed by atoms with van der Waals surface area (Å²) in [6.07, 6.45) is 5.51. The van der Waals surface area contributed by atoms with Crippen molar-refractivity contribution in [3.63, 3.8) is 0 Å². The van der Waals surface area contributed by atoms with E-state index in [1.165, 1.54) is 7.11 Å². The average Bonchev–Trinajstić information content (AvgIpc) is 2.46. The molecule has 18 heavy (non-hydrogen) atoms. The van der Waals surface area contributed by atoms with Crippen molar-refractivity contribution >= 4 is 6.29 Å². The molecule has 0 unspecified atom stereocenters. The number of hydrogen-bond donors (Lipinski definition) is 0. The highest BCUT2D eigenvalue weighted by atomic mass is 16.5. The molecule has 5 nitrogen and oxygen atoms in total. The van der Waals surface area contributed by atoms with E-state index in [0.717, 1.165) is 6.29 Å². The maximum Gasteiger partial charge on any atom is 0.153 e. The first-order chi connectivity index (χ1) is 8.80. The lowest BCUT2D eigenvalue weighted by Gasteiger charge is -2.11. The molecule has 0 aliphatic heterocycles. The average molecular weight is 244 g/mol. The van der Waals surface area contributed by atoms with Crippen LogP contribution in [0.3, 0.4) is 0 Å². The highest BCUT2D eigenvalue weighted by molar-refractivity contribution is 5.84. The number of carbonyl (C=O) groups is 1. The molecule has 0 amide bonds. The van der Waals surface area contributed by atoms with Gasteiger partial charge in [0.25, 0.3) is 0 Å². The van der Waals surface area contributed by atoms with Gasteiger partial charge in [-0.1, -0.05) is 0 Å². The molecule has 0 fully saturated rings. The minimum atomic E-state index is 0.443. The Morgan fingerprint density at radius 3 is 2.44 bits per heavy atom. The van der Waals surface area contributed by atoms with E-state index in [1.54, 1.807) is 37.8 Å². The molecule has 2 rings (SSSR count). The highest BCUT2D eigenvalue weighted by Gasteiger charge is 2.13. The third-order valence-corrected chi connectivity index (χ3v) is 2.52. The number of ether oxygens (including phenoxy) is 2. The molecule has 0 atom stereocenters. The molecule has 0 N–H and O–H groups in total. The molecule has 1 aromatic carbocycles. The summed E-state index contributed by atoms with van der Waals surface area (Å²) in [5.74, 6) is 1.05. The van der Waals surface area contributed by atoms with Crippen molar-refractivity contribution in [1.29, 1.82) is 0 Å². The second kappa shape index (κ2) is 5.27. The molecule has 0 saturated carbocycles. The summed E-state index contributed by atoms with van der Waals surface area (Å²) >= 11 is 0. The normalized spacial score (nSPS) is 9.89. The fraction of sp³-hybridized carbons (Fsp3) is 0.154. The molecular weight excluding hydrogens is 232 g/mol. The van der Waals surface area contributed by atoms with Crippen LogP contribution in [0, 0.1) is 0 Å². The molecule has 92 valence electrons. The van der Waals surface area contributed by atoms with Crippen LogP contribution in [0.1, 0.15) is 10.4 Å². The number of aromatic nitrogens is 2. The number of carbonyl (C=O) groups excluding carboxylic acids is 1. The number of rotatable bonds is 4. The molecule has 0 aliphatic rings. The third-order valence-electron chi connectivity index (χ3n) is 2.52. The number of aldehydes is 1. The van der Waals surface area contributed by atoms with E-state index in [4.69, 9.17) is 9.47 Å². The Morgan fingerprint density at radius 1 is 1.11 bits per heavy atom. The fourth-order valence-corrected chi connectivity index (χ4v) is 1.65. The highest BCUT2D eigenvalue weighted by Crippen LogP contribution is 2.34. The second-order valence-corrected chi connectivity index (χ2v) is 3.50. The topological polar surface area (TPSA) is 61.3 Å². The lowest BCUT2D eigenvalue weighted by Crippen LogP contribution is -1.96. The molecule has 0 radical (unpaired) electrons. The van der Waals surface area contributed by atoms with E-state index in [-0.39, 0.29) is 0 Å². The van der Waals surface area contributed by atoms with Crippen molar-refractivity contribution in [2.24, 2.45) is 0 Å². The maximum atomic E-state index is 11.0. The van der Waals surface area contributed by atoms with Gasteiger partial charge >= 0.3 is 0 Å². The van der Waals surface area contributed by atoms with Crippen LogP contribution in [-0.2, 0) is 0 Å². The van der Waals surface area contributed by atoms with Crippen LogP contribution in [0.2, 0.25) is 0 Å². The van der Waals surface area contributed by atoms with E-state index in [0.29, 0.717) is 28.3 Å². The summed E-state index contributed by atoms with van der Waals surface area (Å²) in [6.45, 7) is 0. The van der Waals surface area contributed by atoms with Gasteiger partial charge < -0.3 is 9.47 Å². The summed E-state index contributed by atoms with van der Waals surface area (Å²) in [4.78, 5) is 19.2. The largest absolute Gasteiger partial charge is 0.496 e. The fourth-order valence-electron chi connectivity index (χ4n) is 1.65. The number of nitrogens with zero attached hydrogens (tertiary/aromatic N) is 2. The van der Waals surface area contributed by atoms with Crippen molar-refractivity contribution in [3.8, 4) is 22.8 Å². The summed E-state index contributed by atoms with van der Waals surface area (Å²) in [5.41, 5.74) is 1.78. The molecule has 0 spiro atoms. The standard InChI is InChI=1S/C13H12N2O3/c1-17-12-6-13(18-2)10(5-9(12)8-16)11-7-14-3-4-15-11/h3-8H,1-2H3. The number of methoxy groups -OCH3 is 2. The smallest absolute Gasteiger partial charge is 0.153 e. The molecule has 0 saturated heterocycles. The zero-order chi connectivity index (χ0) is 13.0. The Morgan fingerprint density at radius 2 is 1.89 bits per heavy atom. The molecule has 0 bridgehead atoms. The van der Waals surface area contributed by atoms with E-state index in [2.05, 4.69) is 9.97 Å². The second-order valence-electron chi connectivity index (χ2n) is 3.50. The Kier molecular flexibility index (Phi) is 3.52. The zero-order valence-electron chi connectivity index (χ0n) is 10.1. The van der Waals surface area contributed by atoms with Crippen LogP contribution in [-0.4, -0.2) is 30.5 Å². The first-order valence-corrected chi connectivity index (χ1v) is 5.27. The lowest BCUT2D eigenvalue weighted by atomic mass is 10.1. The molecule has 5 heteroatoms. The van der Waals surface area contributed by atoms with Gasteiger partial charge in [0, 0.05) is 24.0 Å². The Labute approximate surface area is 104 Å². The SMILES string of the molecule is COc1cc(OC)c(-c2cnccn2)cc1C=O. The first-order valence-electron chi connectivity index (χ1n) is 5.27. The van der Waals surface area contributed by atoms with Crippen molar-refractivity contribution in [2.75, 3.05) is 14.2 Å². The van der Waals surface area contributed by atoms with E-state index in [1.807, 2.05) is 0 Å². The number of benzene rings is 1. The Hall–Kier alpha value is -2.43. The van der Waals surface area contributed by atoms with Gasteiger partial charge in [0.05, 0.1) is 31.7 Å². The van der Waals surface area contributed by atoms with Crippen molar-refractivity contribution < 1.29 is 14.3 Å². The van der Waals surface area contributed by atoms with E-state index in [9.17, 15) is 4.79 Å². The summed E-state index contributed by atoms with van der Waals surface area (Å²) < 4.78 is 10.4. The van der Waals surface area contributed by atoms with Crippen LogP contribution in [0.25, 0.3) is 11.3 Å². The van der Waals surface area contributed by atoms with Gasteiger partial charge in [-0.05, 0) is 6.07 Å². The lowest BCUT2D eigenvalue weighted by molar-refractivity contribution is 0.112. The van der Waals surface area contributed by atoms with Crippen molar-refractivity contribution in [1.82, 2.24) is 9.97 Å².